The molecule has 10 nitrogen and oxygen atoms in total. The Bertz CT molecular complexity index is 1460. The highest BCUT2D eigenvalue weighted by atomic mass is 35.5. The number of pyridine rings is 1. The van der Waals surface area contributed by atoms with Crippen molar-refractivity contribution in [2.24, 2.45) is 0 Å². The summed E-state index contributed by atoms with van der Waals surface area (Å²) in [7, 11) is 0.180. The average Bonchev–Trinajstić information content (AvgIpc) is 3.20. The molecule has 39 heavy (non-hydrogen) atoms. The first-order chi connectivity index (χ1) is 18.5. The summed E-state index contributed by atoms with van der Waals surface area (Å²) in [5, 5.41) is 12.9. The van der Waals surface area contributed by atoms with Crippen LogP contribution in [0.3, 0.4) is 0 Å². The zero-order chi connectivity index (χ0) is 28.2. The lowest BCUT2D eigenvalue weighted by molar-refractivity contribution is 0.0899. The Labute approximate surface area is 229 Å². The van der Waals surface area contributed by atoms with Crippen LogP contribution in [0.5, 0.6) is 17.4 Å². The fraction of sp³-hybridized carbons (Fsp3) is 0.280. The van der Waals surface area contributed by atoms with Gasteiger partial charge >= 0.3 is 6.03 Å². The minimum atomic E-state index is -1.24. The Morgan fingerprint density at radius 3 is 2.49 bits per heavy atom. The Hall–Kier alpha value is -3.81. The third kappa shape index (κ3) is 7.19. The smallest absolute Gasteiger partial charge is 0.324 e. The number of benzene rings is 1. The van der Waals surface area contributed by atoms with Gasteiger partial charge in [-0.05, 0) is 18.2 Å². The maximum absolute atomic E-state index is 14.9. The number of methoxy groups -OCH3 is 1. The molecular formula is C25H27ClF2N6O4Si. The van der Waals surface area contributed by atoms with Crippen LogP contribution in [0.4, 0.5) is 25.1 Å². The van der Waals surface area contributed by atoms with E-state index in [2.05, 4.69) is 45.5 Å². The van der Waals surface area contributed by atoms with Gasteiger partial charge in [0, 0.05) is 51.0 Å². The molecule has 0 spiro atoms. The highest BCUT2D eigenvalue weighted by Gasteiger charge is 2.20. The number of ether oxygens (including phenoxy) is 3. The molecule has 3 aromatic heterocycles. The van der Waals surface area contributed by atoms with Gasteiger partial charge in [0.2, 0.25) is 5.88 Å². The molecule has 0 aliphatic heterocycles. The van der Waals surface area contributed by atoms with Crippen molar-refractivity contribution >= 4 is 48.2 Å². The van der Waals surface area contributed by atoms with Crippen LogP contribution in [0.1, 0.15) is 0 Å². The number of carbonyl (C=O) groups is 1. The number of hydrogen-bond donors (Lipinski definition) is 2. The number of nitrogens with one attached hydrogen (secondary N) is 2. The molecular weight excluding hydrogens is 550 g/mol. The van der Waals surface area contributed by atoms with Crippen LogP contribution >= 0.6 is 11.6 Å². The molecule has 0 atom stereocenters. The lowest BCUT2D eigenvalue weighted by atomic mass is 10.2. The molecule has 0 aliphatic rings. The number of aromatic nitrogens is 4. The van der Waals surface area contributed by atoms with Crippen molar-refractivity contribution in [1.29, 1.82) is 0 Å². The van der Waals surface area contributed by atoms with E-state index in [-0.39, 0.29) is 29.9 Å². The third-order valence-corrected chi connectivity index (χ3v) is 7.45. The molecule has 0 unspecified atom stereocenters. The Kier molecular flexibility index (Phi) is 8.62. The number of urea groups is 1. The fourth-order valence-electron chi connectivity index (χ4n) is 3.48. The number of halogens is 3. The number of rotatable bonds is 10. The minimum Gasteiger partial charge on any atom is -0.480 e. The van der Waals surface area contributed by atoms with Gasteiger partial charge in [0.25, 0.3) is 0 Å². The van der Waals surface area contributed by atoms with E-state index in [0.29, 0.717) is 22.7 Å². The SMILES string of the molecule is COc1ccc(NC(=O)Nc2cc(F)c(Oc3ccnc4c3c(Cl)cn4COCC[Si](C)(C)C)c(F)c2)nn1. The first-order valence-corrected chi connectivity index (χ1v) is 16.0. The predicted molar refractivity (Wildman–Crippen MR) is 147 cm³/mol. The molecule has 2 amide bonds. The van der Waals surface area contributed by atoms with E-state index in [1.165, 1.54) is 31.5 Å². The van der Waals surface area contributed by atoms with Crippen molar-refractivity contribution in [1.82, 2.24) is 19.7 Å². The standard InChI is InChI=1S/C25H27ClF2N6O4Si/c1-36-21-6-5-20(32-33-21)31-25(35)30-15-11-17(27)23(18(28)12-15)38-19-7-8-29-24-22(19)16(26)13-34(24)14-37-9-10-39(2,3)4/h5-8,11-13H,9-10,14H2,1-4H3,(H2,30,31,32,35). The molecule has 206 valence electrons. The molecule has 3 heterocycles. The van der Waals surface area contributed by atoms with Crippen molar-refractivity contribution in [3.63, 3.8) is 0 Å². The van der Waals surface area contributed by atoms with Gasteiger partial charge in [0.05, 0.1) is 17.5 Å². The summed E-state index contributed by atoms with van der Waals surface area (Å²) in [6.07, 6.45) is 3.08. The zero-order valence-electron chi connectivity index (χ0n) is 21.7. The summed E-state index contributed by atoms with van der Waals surface area (Å²) in [5.74, 6) is -2.25. The number of amides is 2. The van der Waals surface area contributed by atoms with E-state index in [0.717, 1.165) is 18.2 Å². The number of fused-ring (bicyclic) bond motifs is 1. The van der Waals surface area contributed by atoms with E-state index in [1.807, 2.05) is 0 Å². The van der Waals surface area contributed by atoms with Crippen molar-refractivity contribution in [3.8, 4) is 17.4 Å². The Balaban J connectivity index is 1.47. The Morgan fingerprint density at radius 1 is 1.10 bits per heavy atom. The first-order valence-electron chi connectivity index (χ1n) is 11.9. The van der Waals surface area contributed by atoms with Gasteiger partial charge in [-0.3, -0.25) is 5.32 Å². The normalized spacial score (nSPS) is 11.5. The van der Waals surface area contributed by atoms with Crippen LogP contribution in [0.2, 0.25) is 30.7 Å². The average molecular weight is 577 g/mol. The maximum Gasteiger partial charge on any atom is 0.324 e. The molecule has 2 N–H and O–H groups in total. The minimum absolute atomic E-state index is 0.111. The second-order valence-electron chi connectivity index (χ2n) is 9.71. The second-order valence-corrected chi connectivity index (χ2v) is 15.7. The first kappa shape index (κ1) is 28.2. The van der Waals surface area contributed by atoms with Crippen molar-refractivity contribution in [2.75, 3.05) is 24.4 Å². The summed E-state index contributed by atoms with van der Waals surface area (Å²) < 4.78 is 47.9. The van der Waals surface area contributed by atoms with Gasteiger partial charge in [-0.2, -0.15) is 0 Å². The van der Waals surface area contributed by atoms with Gasteiger partial charge in [0.1, 0.15) is 18.1 Å². The van der Waals surface area contributed by atoms with E-state index < -0.39 is 31.5 Å². The van der Waals surface area contributed by atoms with Crippen molar-refractivity contribution in [3.05, 3.63) is 59.4 Å². The summed E-state index contributed by atoms with van der Waals surface area (Å²) in [4.78, 5) is 16.6. The van der Waals surface area contributed by atoms with Crippen LogP contribution in [-0.4, -0.2) is 47.6 Å². The van der Waals surface area contributed by atoms with E-state index in [9.17, 15) is 13.6 Å². The molecule has 0 aliphatic carbocycles. The maximum atomic E-state index is 14.9. The topological polar surface area (TPSA) is 112 Å². The molecule has 0 saturated heterocycles. The summed E-state index contributed by atoms with van der Waals surface area (Å²) in [6, 6.07) is 6.48. The Morgan fingerprint density at radius 2 is 1.85 bits per heavy atom. The predicted octanol–water partition coefficient (Wildman–Crippen LogP) is 6.52. The molecule has 0 radical (unpaired) electrons. The molecule has 0 saturated carbocycles. The van der Waals surface area contributed by atoms with Crippen LogP contribution in [0.15, 0.2) is 42.7 Å². The second kappa shape index (κ2) is 11.9. The number of anilines is 2. The third-order valence-electron chi connectivity index (χ3n) is 5.46. The zero-order valence-corrected chi connectivity index (χ0v) is 23.5. The quantitative estimate of drug-likeness (QED) is 0.163. The van der Waals surface area contributed by atoms with Gasteiger partial charge in [-0.15, -0.1) is 10.2 Å². The van der Waals surface area contributed by atoms with Crippen LogP contribution in [0, 0.1) is 11.6 Å². The monoisotopic (exact) mass is 576 g/mol. The highest BCUT2D eigenvalue weighted by molar-refractivity contribution is 6.76. The summed E-state index contributed by atoms with van der Waals surface area (Å²) in [5.41, 5.74) is 0.304. The van der Waals surface area contributed by atoms with Crippen LogP contribution in [-0.2, 0) is 11.5 Å². The molecule has 4 rings (SSSR count). The lowest BCUT2D eigenvalue weighted by Crippen LogP contribution is -2.22. The number of hydrogen-bond acceptors (Lipinski definition) is 7. The van der Waals surface area contributed by atoms with Crippen molar-refractivity contribution < 1.29 is 27.8 Å². The van der Waals surface area contributed by atoms with Gasteiger partial charge in [0.15, 0.2) is 23.2 Å². The lowest BCUT2D eigenvalue weighted by Gasteiger charge is -2.15. The van der Waals surface area contributed by atoms with Gasteiger partial charge in [-0.1, -0.05) is 31.2 Å². The largest absolute Gasteiger partial charge is 0.480 e. The van der Waals surface area contributed by atoms with Gasteiger partial charge < -0.3 is 24.1 Å². The molecule has 1 aromatic carbocycles. The van der Waals surface area contributed by atoms with Crippen LogP contribution in [0.25, 0.3) is 11.0 Å². The molecule has 0 bridgehead atoms. The number of carbonyl (C=O) groups excluding carboxylic acids is 1. The fourth-order valence-corrected chi connectivity index (χ4v) is 4.53. The van der Waals surface area contributed by atoms with Gasteiger partial charge in [-0.25, -0.2) is 18.6 Å². The molecule has 14 heteroatoms. The van der Waals surface area contributed by atoms with E-state index >= 15 is 0 Å². The van der Waals surface area contributed by atoms with Crippen LogP contribution < -0.4 is 20.1 Å². The summed E-state index contributed by atoms with van der Waals surface area (Å²) >= 11 is 6.43. The molecule has 4 aromatic rings. The summed E-state index contributed by atoms with van der Waals surface area (Å²) in [6.45, 7) is 7.60. The number of nitrogens with zero attached hydrogens (tertiary/aromatic N) is 4. The highest BCUT2D eigenvalue weighted by Crippen LogP contribution is 2.37. The molecule has 0 fully saturated rings. The van der Waals surface area contributed by atoms with Crippen molar-refractivity contribution in [2.45, 2.75) is 32.4 Å². The van der Waals surface area contributed by atoms with E-state index in [4.69, 9.17) is 25.8 Å². The van der Waals surface area contributed by atoms with E-state index in [1.54, 1.807) is 10.8 Å².